The molecule has 2 atom stereocenters. The molecule has 0 saturated carbocycles. The van der Waals surface area contributed by atoms with Crippen molar-refractivity contribution in [1.82, 2.24) is 9.80 Å². The highest BCUT2D eigenvalue weighted by molar-refractivity contribution is 5.87. The van der Waals surface area contributed by atoms with Gasteiger partial charge in [0, 0.05) is 33.3 Å². The minimum atomic E-state index is -0.396. The fourth-order valence-corrected chi connectivity index (χ4v) is 4.84. The summed E-state index contributed by atoms with van der Waals surface area (Å²) >= 11 is 0. The number of aliphatic hydroxyl groups excluding tert-OH is 2. The molecule has 3 aromatic carbocycles. The van der Waals surface area contributed by atoms with Crippen LogP contribution in [-0.2, 0) is 11.2 Å². The average Bonchev–Trinajstić information content (AvgIpc) is 3.29. The molecule has 0 radical (unpaired) electrons. The van der Waals surface area contributed by atoms with Crippen LogP contribution in [0.2, 0.25) is 0 Å². The minimum Gasteiger partial charge on any atom is -0.396 e. The van der Waals surface area contributed by atoms with Gasteiger partial charge in [-0.1, -0.05) is 84.9 Å². The lowest BCUT2D eigenvalue weighted by Gasteiger charge is -2.34. The summed E-state index contributed by atoms with van der Waals surface area (Å²) < 4.78 is 0. The summed E-state index contributed by atoms with van der Waals surface area (Å²) in [5.74, 6) is -0.352. The summed E-state index contributed by atoms with van der Waals surface area (Å²) in [7, 11) is 1.89. The number of carbonyl (C=O) groups is 1. The third-order valence-electron chi connectivity index (χ3n) is 6.77. The lowest BCUT2D eigenvalue weighted by atomic mass is 9.89. The maximum atomic E-state index is 14.1. The minimum absolute atomic E-state index is 0.0431. The van der Waals surface area contributed by atoms with Crippen molar-refractivity contribution in [2.75, 3.05) is 33.3 Å². The summed E-state index contributed by atoms with van der Waals surface area (Å²) in [6.07, 6.45) is 1.06. The number of benzene rings is 3. The molecule has 0 spiro atoms. The first-order chi connectivity index (χ1) is 16.6. The third kappa shape index (κ3) is 5.73. The van der Waals surface area contributed by atoms with Crippen molar-refractivity contribution in [2.24, 2.45) is 0 Å². The molecule has 34 heavy (non-hydrogen) atoms. The number of rotatable bonds is 9. The van der Waals surface area contributed by atoms with Gasteiger partial charge >= 0.3 is 0 Å². The van der Waals surface area contributed by atoms with E-state index in [-0.39, 0.29) is 24.7 Å². The fraction of sp³-hybridized carbons (Fsp3) is 0.345. The van der Waals surface area contributed by atoms with Gasteiger partial charge in [-0.15, -0.1) is 0 Å². The van der Waals surface area contributed by atoms with Gasteiger partial charge in [-0.3, -0.25) is 9.69 Å². The second-order valence-electron chi connectivity index (χ2n) is 9.14. The summed E-state index contributed by atoms with van der Waals surface area (Å²) in [5, 5.41) is 19.3. The van der Waals surface area contributed by atoms with Crippen molar-refractivity contribution in [3.8, 4) is 0 Å². The number of hydrogen-bond acceptors (Lipinski definition) is 4. The molecule has 0 aromatic heterocycles. The Labute approximate surface area is 202 Å². The van der Waals surface area contributed by atoms with Gasteiger partial charge in [0.05, 0.1) is 18.1 Å². The molecule has 5 heteroatoms. The molecule has 0 bridgehead atoms. The van der Waals surface area contributed by atoms with Crippen molar-refractivity contribution in [3.05, 3.63) is 107 Å². The third-order valence-corrected chi connectivity index (χ3v) is 6.77. The number of hydrogen-bond donors (Lipinski definition) is 2. The van der Waals surface area contributed by atoms with Crippen LogP contribution in [0.1, 0.15) is 40.6 Å². The Morgan fingerprint density at radius 1 is 0.941 bits per heavy atom. The van der Waals surface area contributed by atoms with E-state index >= 15 is 0 Å². The van der Waals surface area contributed by atoms with Gasteiger partial charge in [0.15, 0.2) is 0 Å². The normalized spacial score (nSPS) is 17.1. The summed E-state index contributed by atoms with van der Waals surface area (Å²) in [6.45, 7) is 2.22. The van der Waals surface area contributed by atoms with Crippen LogP contribution in [0.15, 0.2) is 84.9 Å². The maximum absolute atomic E-state index is 14.1. The van der Waals surface area contributed by atoms with Crippen LogP contribution in [-0.4, -0.2) is 65.3 Å². The molecule has 0 aliphatic carbocycles. The highest BCUT2D eigenvalue weighted by Gasteiger charge is 2.32. The monoisotopic (exact) mass is 458 g/mol. The first-order valence-electron chi connectivity index (χ1n) is 12.0. The lowest BCUT2D eigenvalue weighted by molar-refractivity contribution is -0.133. The zero-order chi connectivity index (χ0) is 23.9. The largest absolute Gasteiger partial charge is 0.396 e. The quantitative estimate of drug-likeness (QED) is 0.514. The fourth-order valence-electron chi connectivity index (χ4n) is 4.84. The molecule has 2 N–H and O–H groups in total. The molecule has 2 unspecified atom stereocenters. The number of likely N-dealkylation sites (N-methyl/N-ethyl adjacent to an activating group) is 1. The van der Waals surface area contributed by atoms with Gasteiger partial charge in [-0.05, 0) is 35.1 Å². The Hall–Kier alpha value is -2.99. The van der Waals surface area contributed by atoms with E-state index in [1.54, 1.807) is 0 Å². The Morgan fingerprint density at radius 2 is 1.53 bits per heavy atom. The van der Waals surface area contributed by atoms with E-state index in [2.05, 4.69) is 17.0 Å². The Morgan fingerprint density at radius 3 is 2.03 bits per heavy atom. The van der Waals surface area contributed by atoms with E-state index in [4.69, 9.17) is 0 Å². The van der Waals surface area contributed by atoms with Crippen molar-refractivity contribution in [1.29, 1.82) is 0 Å². The zero-order valence-corrected chi connectivity index (χ0v) is 19.8. The van der Waals surface area contributed by atoms with E-state index in [0.29, 0.717) is 19.5 Å². The molecule has 1 heterocycles. The molecule has 4 rings (SSSR count). The van der Waals surface area contributed by atoms with Gasteiger partial charge in [-0.25, -0.2) is 0 Å². The van der Waals surface area contributed by atoms with E-state index in [1.807, 2.05) is 84.7 Å². The molecule has 3 aromatic rings. The zero-order valence-electron chi connectivity index (χ0n) is 19.8. The first-order valence-corrected chi connectivity index (χ1v) is 12.0. The van der Waals surface area contributed by atoms with E-state index in [9.17, 15) is 15.0 Å². The van der Waals surface area contributed by atoms with Crippen molar-refractivity contribution in [2.45, 2.75) is 30.9 Å². The Kier molecular flexibility index (Phi) is 8.12. The topological polar surface area (TPSA) is 64.0 Å². The standard InChI is InChI=1S/C29H34N2O3/c1-30(29(34)28(24-8-4-2-5-9-24)25-10-6-3-7-11-25)27(21-31-18-16-26(33)20-31)23-14-12-22(13-15-23)17-19-32/h2-15,26-28,32-33H,16-21H2,1H3. The molecule has 1 aliphatic heterocycles. The second kappa shape index (κ2) is 11.4. The molecular weight excluding hydrogens is 424 g/mol. The van der Waals surface area contributed by atoms with Crippen LogP contribution in [0.4, 0.5) is 0 Å². The Bertz CT molecular complexity index is 1000. The molecular formula is C29H34N2O3. The van der Waals surface area contributed by atoms with Gasteiger partial charge in [0.2, 0.25) is 5.91 Å². The van der Waals surface area contributed by atoms with Crippen LogP contribution in [0, 0.1) is 0 Å². The van der Waals surface area contributed by atoms with Crippen LogP contribution in [0.3, 0.4) is 0 Å². The van der Waals surface area contributed by atoms with E-state index in [0.717, 1.165) is 35.2 Å². The predicted octanol–water partition coefficient (Wildman–Crippen LogP) is 3.62. The van der Waals surface area contributed by atoms with E-state index in [1.165, 1.54) is 0 Å². The second-order valence-corrected chi connectivity index (χ2v) is 9.14. The number of likely N-dealkylation sites (tertiary alicyclic amines) is 1. The Balaban J connectivity index is 1.66. The number of aliphatic hydroxyl groups is 2. The van der Waals surface area contributed by atoms with Gasteiger partial charge in [0.25, 0.3) is 0 Å². The number of amides is 1. The van der Waals surface area contributed by atoms with Crippen LogP contribution < -0.4 is 0 Å². The van der Waals surface area contributed by atoms with Gasteiger partial charge in [-0.2, -0.15) is 0 Å². The maximum Gasteiger partial charge on any atom is 0.234 e. The average molecular weight is 459 g/mol. The smallest absolute Gasteiger partial charge is 0.234 e. The van der Waals surface area contributed by atoms with Crippen molar-refractivity contribution < 1.29 is 15.0 Å². The SMILES string of the molecule is CN(C(=O)C(c1ccccc1)c1ccccc1)C(CN1CCC(O)C1)c1ccc(CCO)cc1. The van der Waals surface area contributed by atoms with Crippen molar-refractivity contribution in [3.63, 3.8) is 0 Å². The summed E-state index contributed by atoms with van der Waals surface area (Å²) in [6, 6.07) is 27.9. The molecule has 178 valence electrons. The number of nitrogens with zero attached hydrogens (tertiary/aromatic N) is 2. The van der Waals surface area contributed by atoms with Gasteiger partial charge < -0.3 is 15.1 Å². The van der Waals surface area contributed by atoms with Crippen LogP contribution >= 0.6 is 0 Å². The lowest BCUT2D eigenvalue weighted by Crippen LogP contribution is -2.41. The van der Waals surface area contributed by atoms with Gasteiger partial charge in [0.1, 0.15) is 0 Å². The predicted molar refractivity (Wildman–Crippen MR) is 135 cm³/mol. The number of carbonyl (C=O) groups excluding carboxylic acids is 1. The summed E-state index contributed by atoms with van der Waals surface area (Å²) in [4.78, 5) is 18.2. The van der Waals surface area contributed by atoms with Crippen LogP contribution in [0.5, 0.6) is 0 Å². The molecule has 5 nitrogen and oxygen atoms in total. The molecule has 1 fully saturated rings. The molecule has 1 amide bonds. The molecule has 1 aliphatic rings. The summed E-state index contributed by atoms with van der Waals surface area (Å²) in [5.41, 5.74) is 4.07. The highest BCUT2D eigenvalue weighted by Crippen LogP contribution is 2.31. The first kappa shape index (κ1) is 24.1. The van der Waals surface area contributed by atoms with Crippen LogP contribution in [0.25, 0.3) is 0 Å². The highest BCUT2D eigenvalue weighted by atomic mass is 16.3. The molecule has 1 saturated heterocycles. The van der Waals surface area contributed by atoms with E-state index < -0.39 is 5.92 Å². The van der Waals surface area contributed by atoms with Crippen molar-refractivity contribution >= 4 is 5.91 Å². The number of β-amino-alcohol motifs (C(OH)–C–C–N with tert-alkyl or cyclic N) is 1.